The van der Waals surface area contributed by atoms with Crippen molar-refractivity contribution in [3.05, 3.63) is 69.8 Å². The molecule has 0 saturated heterocycles. The number of nitrogens with one attached hydrogen (secondary N) is 1. The number of benzene rings is 2. The highest BCUT2D eigenvalue weighted by Gasteiger charge is 2.07. The summed E-state index contributed by atoms with van der Waals surface area (Å²) in [7, 11) is 0. The first-order valence-corrected chi connectivity index (χ1v) is 7.39. The molecule has 0 spiro atoms. The van der Waals surface area contributed by atoms with Crippen LogP contribution in [0.3, 0.4) is 0 Å². The van der Waals surface area contributed by atoms with E-state index < -0.39 is 0 Å². The van der Waals surface area contributed by atoms with Crippen LogP contribution < -0.4 is 0 Å². The topological polar surface area (TPSA) is 15.8 Å². The molecule has 0 aliphatic heterocycles. The van der Waals surface area contributed by atoms with Gasteiger partial charge in [0.1, 0.15) is 0 Å². The SMILES string of the molecule is CCc1ccc(Cc2c[nH]c3cccc(Br)c23)cc1. The molecule has 1 aromatic heterocycles. The van der Waals surface area contributed by atoms with Crippen molar-refractivity contribution in [3.8, 4) is 0 Å². The minimum absolute atomic E-state index is 0.965. The van der Waals surface area contributed by atoms with Crippen LogP contribution in [0, 0.1) is 0 Å². The van der Waals surface area contributed by atoms with Crippen molar-refractivity contribution in [3.63, 3.8) is 0 Å². The summed E-state index contributed by atoms with van der Waals surface area (Å²) in [5.74, 6) is 0. The molecule has 3 rings (SSSR count). The molecule has 0 bridgehead atoms. The summed E-state index contributed by atoms with van der Waals surface area (Å²) < 4.78 is 1.16. The van der Waals surface area contributed by atoms with Gasteiger partial charge in [-0.05, 0) is 41.7 Å². The standard InChI is InChI=1S/C17H16BrN/c1-2-12-6-8-13(9-7-12)10-14-11-19-16-5-3-4-15(18)17(14)16/h3-9,11,19H,2,10H2,1H3. The van der Waals surface area contributed by atoms with Crippen LogP contribution in [0.5, 0.6) is 0 Å². The first kappa shape index (κ1) is 12.5. The average Bonchev–Trinajstić information content (AvgIpc) is 2.84. The van der Waals surface area contributed by atoms with Gasteiger partial charge in [-0.3, -0.25) is 0 Å². The minimum Gasteiger partial charge on any atom is -0.361 e. The third kappa shape index (κ3) is 2.45. The van der Waals surface area contributed by atoms with Gasteiger partial charge >= 0.3 is 0 Å². The highest BCUT2D eigenvalue weighted by molar-refractivity contribution is 9.10. The molecule has 0 atom stereocenters. The number of H-pyrrole nitrogens is 1. The maximum atomic E-state index is 3.64. The third-order valence-electron chi connectivity index (χ3n) is 3.56. The van der Waals surface area contributed by atoms with Crippen LogP contribution in [-0.2, 0) is 12.8 Å². The Morgan fingerprint density at radius 2 is 1.74 bits per heavy atom. The fourth-order valence-corrected chi connectivity index (χ4v) is 3.08. The molecule has 2 aromatic carbocycles. The van der Waals surface area contributed by atoms with Crippen molar-refractivity contribution >= 4 is 26.8 Å². The number of aryl methyl sites for hydroxylation is 1. The molecule has 0 fully saturated rings. The van der Waals surface area contributed by atoms with Gasteiger partial charge in [-0.2, -0.15) is 0 Å². The lowest BCUT2D eigenvalue weighted by Crippen LogP contribution is -1.88. The third-order valence-corrected chi connectivity index (χ3v) is 4.22. The van der Waals surface area contributed by atoms with E-state index in [-0.39, 0.29) is 0 Å². The van der Waals surface area contributed by atoms with E-state index in [1.165, 1.54) is 27.6 Å². The second-order valence-electron chi connectivity index (χ2n) is 4.82. The minimum atomic E-state index is 0.965. The molecule has 1 N–H and O–H groups in total. The largest absolute Gasteiger partial charge is 0.361 e. The Morgan fingerprint density at radius 1 is 1.00 bits per heavy atom. The summed E-state index contributed by atoms with van der Waals surface area (Å²) in [5.41, 5.74) is 5.28. The number of rotatable bonds is 3. The van der Waals surface area contributed by atoms with E-state index in [2.05, 4.69) is 76.5 Å². The Kier molecular flexibility index (Phi) is 3.43. The summed E-state index contributed by atoms with van der Waals surface area (Å²) in [6.07, 6.45) is 4.18. The zero-order valence-corrected chi connectivity index (χ0v) is 12.5. The van der Waals surface area contributed by atoms with Crippen molar-refractivity contribution in [2.75, 3.05) is 0 Å². The van der Waals surface area contributed by atoms with Gasteiger partial charge in [-0.15, -0.1) is 0 Å². The van der Waals surface area contributed by atoms with Crippen molar-refractivity contribution in [1.82, 2.24) is 4.98 Å². The van der Waals surface area contributed by atoms with Crippen LogP contribution in [-0.4, -0.2) is 4.98 Å². The van der Waals surface area contributed by atoms with Gasteiger partial charge in [0.25, 0.3) is 0 Å². The molecule has 0 amide bonds. The summed E-state index contributed by atoms with van der Waals surface area (Å²) in [5, 5.41) is 1.29. The molecule has 19 heavy (non-hydrogen) atoms. The maximum Gasteiger partial charge on any atom is 0.0468 e. The van der Waals surface area contributed by atoms with E-state index in [0.717, 1.165) is 17.3 Å². The molecule has 0 aliphatic carbocycles. The molecule has 0 aliphatic rings. The summed E-state index contributed by atoms with van der Waals surface area (Å²) in [6.45, 7) is 2.19. The molecular weight excluding hydrogens is 298 g/mol. The number of hydrogen-bond acceptors (Lipinski definition) is 0. The van der Waals surface area contributed by atoms with Crippen molar-refractivity contribution in [2.24, 2.45) is 0 Å². The number of aromatic nitrogens is 1. The van der Waals surface area contributed by atoms with Gasteiger partial charge in [0, 0.05) is 21.6 Å². The summed E-state index contributed by atoms with van der Waals surface area (Å²) in [6, 6.07) is 15.2. The molecule has 96 valence electrons. The van der Waals surface area contributed by atoms with Crippen LogP contribution >= 0.6 is 15.9 Å². The fraction of sp³-hybridized carbons (Fsp3) is 0.176. The van der Waals surface area contributed by atoms with Crippen LogP contribution in [0.2, 0.25) is 0 Å². The fourth-order valence-electron chi connectivity index (χ4n) is 2.46. The lowest BCUT2D eigenvalue weighted by atomic mass is 10.0. The highest BCUT2D eigenvalue weighted by atomic mass is 79.9. The van der Waals surface area contributed by atoms with E-state index in [9.17, 15) is 0 Å². The van der Waals surface area contributed by atoms with E-state index >= 15 is 0 Å². The Bertz CT molecular complexity index is 695. The normalized spacial score (nSPS) is 11.1. The molecule has 0 radical (unpaired) electrons. The second kappa shape index (κ2) is 5.22. The maximum absolute atomic E-state index is 3.64. The summed E-state index contributed by atoms with van der Waals surface area (Å²) in [4.78, 5) is 3.34. The number of aromatic amines is 1. The lowest BCUT2D eigenvalue weighted by Gasteiger charge is -2.03. The first-order chi connectivity index (χ1) is 9.28. The van der Waals surface area contributed by atoms with Crippen LogP contribution in [0.1, 0.15) is 23.6 Å². The van der Waals surface area contributed by atoms with E-state index in [4.69, 9.17) is 0 Å². The Labute approximate surface area is 121 Å². The molecule has 1 nitrogen and oxygen atoms in total. The van der Waals surface area contributed by atoms with E-state index in [1.807, 2.05) is 0 Å². The van der Waals surface area contributed by atoms with E-state index in [1.54, 1.807) is 0 Å². The lowest BCUT2D eigenvalue weighted by molar-refractivity contribution is 1.12. The van der Waals surface area contributed by atoms with Crippen molar-refractivity contribution in [2.45, 2.75) is 19.8 Å². The molecule has 3 aromatic rings. The van der Waals surface area contributed by atoms with Crippen molar-refractivity contribution in [1.29, 1.82) is 0 Å². The number of hydrogen-bond donors (Lipinski definition) is 1. The summed E-state index contributed by atoms with van der Waals surface area (Å²) >= 11 is 3.64. The van der Waals surface area contributed by atoms with Crippen LogP contribution in [0.4, 0.5) is 0 Å². The van der Waals surface area contributed by atoms with Gasteiger partial charge < -0.3 is 4.98 Å². The predicted molar refractivity (Wildman–Crippen MR) is 84.6 cm³/mol. The molecule has 1 heterocycles. The van der Waals surface area contributed by atoms with Gasteiger partial charge in [-0.25, -0.2) is 0 Å². The Morgan fingerprint density at radius 3 is 2.47 bits per heavy atom. The smallest absolute Gasteiger partial charge is 0.0468 e. The van der Waals surface area contributed by atoms with Gasteiger partial charge in [-0.1, -0.05) is 53.2 Å². The first-order valence-electron chi connectivity index (χ1n) is 6.60. The van der Waals surface area contributed by atoms with Crippen LogP contribution in [0.25, 0.3) is 10.9 Å². The Hall–Kier alpha value is -1.54. The van der Waals surface area contributed by atoms with E-state index in [0.29, 0.717) is 0 Å². The number of halogens is 1. The highest BCUT2D eigenvalue weighted by Crippen LogP contribution is 2.28. The van der Waals surface area contributed by atoms with Crippen LogP contribution in [0.15, 0.2) is 53.1 Å². The van der Waals surface area contributed by atoms with Gasteiger partial charge in [0.15, 0.2) is 0 Å². The predicted octanol–water partition coefficient (Wildman–Crippen LogP) is 5.08. The molecular formula is C17H16BrN. The monoisotopic (exact) mass is 313 g/mol. The number of fused-ring (bicyclic) bond motifs is 1. The average molecular weight is 314 g/mol. The molecule has 0 saturated carbocycles. The van der Waals surface area contributed by atoms with Gasteiger partial charge in [0.05, 0.1) is 0 Å². The van der Waals surface area contributed by atoms with Crippen molar-refractivity contribution < 1.29 is 0 Å². The quantitative estimate of drug-likeness (QED) is 0.693. The zero-order valence-electron chi connectivity index (χ0n) is 10.9. The molecule has 2 heteroatoms. The Balaban J connectivity index is 1.96. The molecule has 0 unspecified atom stereocenters. The zero-order chi connectivity index (χ0) is 13.2. The van der Waals surface area contributed by atoms with Gasteiger partial charge in [0.2, 0.25) is 0 Å². The second-order valence-corrected chi connectivity index (χ2v) is 5.68.